The van der Waals surface area contributed by atoms with Crippen LogP contribution in [-0.2, 0) is 4.79 Å². The van der Waals surface area contributed by atoms with Crippen molar-refractivity contribution < 1.29 is 15.0 Å². The van der Waals surface area contributed by atoms with Gasteiger partial charge in [0.25, 0.3) is 0 Å². The highest BCUT2D eigenvalue weighted by Crippen LogP contribution is 2.43. The number of carbonyl (C=O) groups is 1. The molecular formula is C23H44O3S. The van der Waals surface area contributed by atoms with E-state index in [-0.39, 0.29) is 33.7 Å². The van der Waals surface area contributed by atoms with Crippen LogP contribution in [0.4, 0.5) is 0 Å². The number of rotatable bonds is 11. The number of hydrogen-bond acceptors (Lipinski definition) is 4. The van der Waals surface area contributed by atoms with Crippen molar-refractivity contribution in [3.8, 4) is 0 Å². The minimum atomic E-state index is -0.837. The molecule has 0 aromatic carbocycles. The van der Waals surface area contributed by atoms with Gasteiger partial charge in [-0.25, -0.2) is 0 Å². The Bertz CT molecular complexity index is 488. The van der Waals surface area contributed by atoms with Crippen LogP contribution in [0.25, 0.3) is 0 Å². The zero-order valence-corrected chi connectivity index (χ0v) is 20.0. The number of aliphatic hydroxyl groups is 2. The number of thioether (sulfide) groups is 1. The van der Waals surface area contributed by atoms with E-state index in [2.05, 4.69) is 67.5 Å². The zero-order chi connectivity index (χ0) is 21.5. The maximum absolute atomic E-state index is 12.9. The summed E-state index contributed by atoms with van der Waals surface area (Å²) in [4.78, 5) is 12.9. The average Bonchev–Trinajstić information content (AvgIpc) is 2.48. The quantitative estimate of drug-likeness (QED) is 0.428. The summed E-state index contributed by atoms with van der Waals surface area (Å²) in [6.45, 7) is 19.6. The molecule has 160 valence electrons. The lowest BCUT2D eigenvalue weighted by Gasteiger charge is -2.36. The van der Waals surface area contributed by atoms with Crippen molar-refractivity contribution >= 4 is 16.9 Å². The lowest BCUT2D eigenvalue weighted by molar-refractivity contribution is -0.120. The first-order valence-electron chi connectivity index (χ1n) is 10.2. The van der Waals surface area contributed by atoms with Crippen molar-refractivity contribution in [2.24, 2.45) is 21.7 Å². The van der Waals surface area contributed by atoms with Crippen molar-refractivity contribution in [1.29, 1.82) is 0 Å². The van der Waals surface area contributed by atoms with Gasteiger partial charge in [0, 0.05) is 11.2 Å². The molecule has 0 aliphatic heterocycles. The zero-order valence-electron chi connectivity index (χ0n) is 19.2. The Balaban J connectivity index is 5.23. The third-order valence-corrected chi connectivity index (χ3v) is 6.04. The highest BCUT2D eigenvalue weighted by atomic mass is 32.2. The van der Waals surface area contributed by atoms with Crippen molar-refractivity contribution in [1.82, 2.24) is 0 Å². The first kappa shape index (κ1) is 26.7. The molecule has 0 aromatic heterocycles. The van der Waals surface area contributed by atoms with Crippen molar-refractivity contribution in [3.63, 3.8) is 0 Å². The lowest BCUT2D eigenvalue weighted by Crippen LogP contribution is -2.32. The lowest BCUT2D eigenvalue weighted by atomic mass is 9.70. The topological polar surface area (TPSA) is 57.5 Å². The summed E-state index contributed by atoms with van der Waals surface area (Å²) in [6.07, 6.45) is 7.42. The summed E-state index contributed by atoms with van der Waals surface area (Å²) in [5.74, 6) is 0.253. The minimum absolute atomic E-state index is 0.0924. The summed E-state index contributed by atoms with van der Waals surface area (Å²) in [5, 5.41) is 18.7. The van der Waals surface area contributed by atoms with Gasteiger partial charge in [0.15, 0.2) is 5.12 Å². The predicted octanol–water partition coefficient (Wildman–Crippen LogP) is 5.84. The molecule has 27 heavy (non-hydrogen) atoms. The van der Waals surface area contributed by atoms with E-state index in [1.807, 2.05) is 6.92 Å². The average molecular weight is 401 g/mol. The molecule has 0 aliphatic rings. The van der Waals surface area contributed by atoms with Crippen molar-refractivity contribution in [3.05, 3.63) is 12.2 Å². The molecule has 0 rings (SSSR count). The smallest absolute Gasteiger partial charge is 0.194 e. The van der Waals surface area contributed by atoms with Gasteiger partial charge in [-0.1, -0.05) is 92.6 Å². The molecule has 0 aliphatic carbocycles. The van der Waals surface area contributed by atoms with Crippen LogP contribution in [0.5, 0.6) is 0 Å². The third kappa shape index (κ3) is 11.3. The van der Waals surface area contributed by atoms with Gasteiger partial charge in [0.05, 0.1) is 12.7 Å². The molecule has 4 heteroatoms. The van der Waals surface area contributed by atoms with E-state index < -0.39 is 11.5 Å². The summed E-state index contributed by atoms with van der Waals surface area (Å²) < 4.78 is 0. The molecule has 3 nitrogen and oxygen atoms in total. The van der Waals surface area contributed by atoms with Gasteiger partial charge < -0.3 is 10.2 Å². The molecule has 2 unspecified atom stereocenters. The van der Waals surface area contributed by atoms with Gasteiger partial charge in [0.2, 0.25) is 0 Å². The highest BCUT2D eigenvalue weighted by Gasteiger charge is 2.37. The number of carbonyl (C=O) groups excluding carboxylic acids is 1. The van der Waals surface area contributed by atoms with Gasteiger partial charge in [-0.2, -0.15) is 0 Å². The molecule has 0 saturated heterocycles. The molecule has 0 saturated carbocycles. The molecule has 0 radical (unpaired) electrons. The van der Waals surface area contributed by atoms with Crippen LogP contribution in [-0.4, -0.2) is 33.8 Å². The fourth-order valence-corrected chi connectivity index (χ4v) is 5.13. The first-order chi connectivity index (χ1) is 12.1. The summed E-state index contributed by atoms with van der Waals surface area (Å²) in [5.41, 5.74) is -0.142. The predicted molar refractivity (Wildman–Crippen MR) is 119 cm³/mol. The standard InChI is InChI=1S/C23H44O3S/c1-10-11-23(9,19(26)27-15-18(25)14-24)17-22(7,8)13-12-21(5,6)16-20(2,3)4/h12-13,18,24-25H,10-11,14-17H2,1-9H3. The Labute approximate surface area is 172 Å². The SMILES string of the molecule is CCCC(C)(CC(C)(C)C=CC(C)(C)CC(C)(C)C)C(=O)SCC(O)CO. The summed E-state index contributed by atoms with van der Waals surface area (Å²) >= 11 is 1.16. The molecule has 2 atom stereocenters. The summed E-state index contributed by atoms with van der Waals surface area (Å²) in [7, 11) is 0. The number of allylic oxidation sites excluding steroid dienone is 2. The normalized spacial score (nSPS) is 17.1. The van der Waals surface area contributed by atoms with E-state index in [4.69, 9.17) is 5.11 Å². The van der Waals surface area contributed by atoms with Gasteiger partial charge in [-0.05, 0) is 35.5 Å². The second-order valence-corrected chi connectivity index (χ2v) is 12.0. The van der Waals surface area contributed by atoms with Crippen LogP contribution in [0, 0.1) is 21.7 Å². The third-order valence-electron chi connectivity index (χ3n) is 4.73. The van der Waals surface area contributed by atoms with Crippen LogP contribution in [0.2, 0.25) is 0 Å². The van der Waals surface area contributed by atoms with Gasteiger partial charge >= 0.3 is 0 Å². The van der Waals surface area contributed by atoms with Gasteiger partial charge in [-0.3, -0.25) is 4.79 Å². The van der Waals surface area contributed by atoms with E-state index in [1.165, 1.54) is 0 Å². The maximum atomic E-state index is 12.9. The Morgan fingerprint density at radius 2 is 1.44 bits per heavy atom. The van der Waals surface area contributed by atoms with Crippen LogP contribution in [0.15, 0.2) is 12.2 Å². The van der Waals surface area contributed by atoms with Crippen LogP contribution < -0.4 is 0 Å². The van der Waals surface area contributed by atoms with E-state index in [0.717, 1.165) is 37.4 Å². The molecule has 0 fully saturated rings. The first-order valence-corrected chi connectivity index (χ1v) is 11.2. The fourth-order valence-electron chi connectivity index (χ4n) is 4.15. The van der Waals surface area contributed by atoms with Crippen molar-refractivity contribution in [2.45, 2.75) is 94.1 Å². The Morgan fingerprint density at radius 1 is 0.963 bits per heavy atom. The van der Waals surface area contributed by atoms with Crippen LogP contribution >= 0.6 is 11.8 Å². The molecule has 0 aromatic rings. The Morgan fingerprint density at radius 3 is 1.85 bits per heavy atom. The highest BCUT2D eigenvalue weighted by molar-refractivity contribution is 8.13. The molecule has 0 bridgehead atoms. The molecule has 0 heterocycles. The molecular weight excluding hydrogens is 356 g/mol. The van der Waals surface area contributed by atoms with Crippen LogP contribution in [0.1, 0.15) is 88.0 Å². The Hall–Kier alpha value is -0.320. The second kappa shape index (κ2) is 10.5. The van der Waals surface area contributed by atoms with E-state index in [1.54, 1.807) is 0 Å². The second-order valence-electron chi connectivity index (χ2n) is 11.0. The number of hydrogen-bond donors (Lipinski definition) is 2. The van der Waals surface area contributed by atoms with Crippen molar-refractivity contribution in [2.75, 3.05) is 12.4 Å². The summed E-state index contributed by atoms with van der Waals surface area (Å²) in [6, 6.07) is 0. The largest absolute Gasteiger partial charge is 0.394 e. The monoisotopic (exact) mass is 400 g/mol. The Kier molecular flexibility index (Phi) is 10.3. The maximum Gasteiger partial charge on any atom is 0.194 e. The van der Waals surface area contributed by atoms with Gasteiger partial charge in [0.1, 0.15) is 0 Å². The fraction of sp³-hybridized carbons (Fsp3) is 0.870. The van der Waals surface area contributed by atoms with E-state index in [0.29, 0.717) is 0 Å². The molecule has 0 amide bonds. The van der Waals surface area contributed by atoms with E-state index in [9.17, 15) is 9.90 Å². The molecule has 0 spiro atoms. The van der Waals surface area contributed by atoms with Crippen LogP contribution in [0.3, 0.4) is 0 Å². The van der Waals surface area contributed by atoms with E-state index >= 15 is 0 Å². The molecule has 2 N–H and O–H groups in total. The van der Waals surface area contributed by atoms with Gasteiger partial charge in [-0.15, -0.1) is 0 Å². The minimum Gasteiger partial charge on any atom is -0.394 e. The number of aliphatic hydroxyl groups excluding tert-OH is 2.